The average Bonchev–Trinajstić information content (AvgIpc) is 3.06. The van der Waals surface area contributed by atoms with Gasteiger partial charge in [0.25, 0.3) is 0 Å². The molecule has 22 heavy (non-hydrogen) atoms. The van der Waals surface area contributed by atoms with Crippen LogP contribution in [0.15, 0.2) is 24.5 Å². The van der Waals surface area contributed by atoms with Gasteiger partial charge >= 0.3 is 0 Å². The zero-order valence-electron chi connectivity index (χ0n) is 13.5. The smallest absolute Gasteiger partial charge is 0.164 e. The lowest BCUT2D eigenvalue weighted by Crippen LogP contribution is -2.30. The van der Waals surface area contributed by atoms with Crippen LogP contribution in [0.5, 0.6) is 0 Å². The average molecular weight is 300 g/mol. The van der Waals surface area contributed by atoms with Crippen LogP contribution in [0.3, 0.4) is 0 Å². The predicted molar refractivity (Wildman–Crippen MR) is 85.2 cm³/mol. The highest BCUT2D eigenvalue weighted by molar-refractivity contribution is 5.17. The van der Waals surface area contributed by atoms with Gasteiger partial charge in [-0.2, -0.15) is 5.10 Å². The number of hydrogen-bond donors (Lipinski definition) is 1. The highest BCUT2D eigenvalue weighted by Crippen LogP contribution is 2.36. The van der Waals surface area contributed by atoms with E-state index in [4.69, 9.17) is 0 Å². The van der Waals surface area contributed by atoms with Crippen LogP contribution in [0.1, 0.15) is 29.7 Å². The molecular weight excluding hydrogens is 276 g/mol. The molecule has 0 unspecified atom stereocenters. The minimum Gasteiger partial charge on any atom is -0.299 e. The third-order valence-corrected chi connectivity index (χ3v) is 4.40. The molecule has 3 heterocycles. The number of H-pyrrole nitrogens is 1. The second-order valence-electron chi connectivity index (χ2n) is 6.29. The van der Waals surface area contributed by atoms with E-state index in [-0.39, 0.29) is 0 Å². The summed E-state index contributed by atoms with van der Waals surface area (Å²) in [5.74, 6) is 2.35. The van der Waals surface area contributed by atoms with Gasteiger partial charge in [-0.25, -0.2) is 4.98 Å². The standard InChI is InChI=1S/C16H24N6/c1-12-18-15(20-19-12)11-21(2)10-14-6-8-22(3)16(14)13-5-4-7-17-9-13/h4-5,7,9,14,16H,6,8,10-11H2,1-3H3,(H,18,19,20)/t14-,16-/m0/s1. The van der Waals surface area contributed by atoms with Gasteiger partial charge in [0.05, 0.1) is 6.54 Å². The summed E-state index contributed by atoms with van der Waals surface area (Å²) < 4.78 is 0. The van der Waals surface area contributed by atoms with E-state index >= 15 is 0 Å². The number of rotatable bonds is 5. The molecule has 0 spiro atoms. The molecule has 2 aromatic rings. The van der Waals surface area contributed by atoms with E-state index in [1.807, 2.05) is 25.4 Å². The molecule has 3 rings (SSSR count). The van der Waals surface area contributed by atoms with Crippen LogP contribution < -0.4 is 0 Å². The Hall–Kier alpha value is -1.79. The summed E-state index contributed by atoms with van der Waals surface area (Å²) in [5, 5.41) is 7.13. The summed E-state index contributed by atoms with van der Waals surface area (Å²) in [5.41, 5.74) is 1.31. The number of likely N-dealkylation sites (tertiary alicyclic amines) is 1. The predicted octanol–water partition coefficient (Wildman–Crippen LogP) is 1.63. The number of nitrogens with one attached hydrogen (secondary N) is 1. The first-order valence-electron chi connectivity index (χ1n) is 7.80. The molecule has 6 heteroatoms. The van der Waals surface area contributed by atoms with Crippen molar-refractivity contribution in [3.8, 4) is 0 Å². The van der Waals surface area contributed by atoms with Crippen molar-refractivity contribution in [2.75, 3.05) is 27.2 Å². The van der Waals surface area contributed by atoms with Gasteiger partial charge in [-0.05, 0) is 51.5 Å². The first-order chi connectivity index (χ1) is 10.6. The quantitative estimate of drug-likeness (QED) is 0.909. The molecule has 0 amide bonds. The van der Waals surface area contributed by atoms with E-state index in [0.29, 0.717) is 12.0 Å². The molecule has 0 radical (unpaired) electrons. The highest BCUT2D eigenvalue weighted by Gasteiger charge is 2.33. The normalized spacial score (nSPS) is 22.5. The molecule has 2 atom stereocenters. The third-order valence-electron chi connectivity index (χ3n) is 4.40. The van der Waals surface area contributed by atoms with Gasteiger partial charge < -0.3 is 0 Å². The zero-order chi connectivity index (χ0) is 15.5. The van der Waals surface area contributed by atoms with Crippen LogP contribution in [0.2, 0.25) is 0 Å². The Labute approximate surface area is 131 Å². The Morgan fingerprint density at radius 2 is 2.32 bits per heavy atom. The zero-order valence-corrected chi connectivity index (χ0v) is 13.5. The van der Waals surface area contributed by atoms with Gasteiger partial charge in [0, 0.05) is 25.0 Å². The van der Waals surface area contributed by atoms with Crippen LogP contribution in [0.4, 0.5) is 0 Å². The second-order valence-corrected chi connectivity index (χ2v) is 6.29. The van der Waals surface area contributed by atoms with E-state index < -0.39 is 0 Å². The van der Waals surface area contributed by atoms with Crippen molar-refractivity contribution in [2.45, 2.75) is 25.9 Å². The van der Waals surface area contributed by atoms with Crippen molar-refractivity contribution in [1.82, 2.24) is 30.0 Å². The van der Waals surface area contributed by atoms with E-state index in [1.165, 1.54) is 12.0 Å². The van der Waals surface area contributed by atoms with E-state index in [1.54, 1.807) is 0 Å². The lowest BCUT2D eigenvalue weighted by atomic mass is 9.94. The van der Waals surface area contributed by atoms with Crippen LogP contribution in [0.25, 0.3) is 0 Å². The van der Waals surface area contributed by atoms with E-state index in [9.17, 15) is 0 Å². The fourth-order valence-corrected chi connectivity index (χ4v) is 3.46. The number of hydrogen-bond acceptors (Lipinski definition) is 5. The second kappa shape index (κ2) is 6.54. The summed E-state index contributed by atoms with van der Waals surface area (Å²) in [4.78, 5) is 13.4. The number of nitrogens with zero attached hydrogens (tertiary/aromatic N) is 5. The Morgan fingerprint density at radius 1 is 1.45 bits per heavy atom. The van der Waals surface area contributed by atoms with Crippen molar-refractivity contribution < 1.29 is 0 Å². The minimum atomic E-state index is 0.449. The lowest BCUT2D eigenvalue weighted by Gasteiger charge is -2.28. The van der Waals surface area contributed by atoms with Gasteiger partial charge in [0.15, 0.2) is 5.82 Å². The third kappa shape index (κ3) is 3.34. The molecule has 0 saturated carbocycles. The maximum absolute atomic E-state index is 4.39. The first-order valence-corrected chi connectivity index (χ1v) is 7.80. The largest absolute Gasteiger partial charge is 0.299 e. The SMILES string of the molecule is Cc1nc(CN(C)C[C@@H]2CCN(C)[C@H]2c2cccnc2)n[nH]1. The molecular formula is C16H24N6. The van der Waals surface area contributed by atoms with Crippen molar-refractivity contribution >= 4 is 0 Å². The summed E-state index contributed by atoms with van der Waals surface area (Å²) in [7, 11) is 4.35. The Kier molecular flexibility index (Phi) is 4.49. The fourth-order valence-electron chi connectivity index (χ4n) is 3.46. The summed E-state index contributed by atoms with van der Waals surface area (Å²) >= 11 is 0. The Bertz CT molecular complexity index is 596. The molecule has 1 aliphatic heterocycles. The van der Waals surface area contributed by atoms with Crippen molar-refractivity contribution in [1.29, 1.82) is 0 Å². The number of pyridine rings is 1. The Balaban J connectivity index is 1.65. The van der Waals surface area contributed by atoms with E-state index in [0.717, 1.165) is 31.3 Å². The molecule has 0 aliphatic carbocycles. The van der Waals surface area contributed by atoms with Gasteiger partial charge in [-0.1, -0.05) is 6.07 Å². The van der Waals surface area contributed by atoms with E-state index in [2.05, 4.69) is 50.1 Å². The molecule has 118 valence electrons. The molecule has 0 aromatic carbocycles. The monoisotopic (exact) mass is 300 g/mol. The first kappa shape index (κ1) is 15.1. The van der Waals surface area contributed by atoms with Gasteiger partial charge in [-0.15, -0.1) is 0 Å². The summed E-state index contributed by atoms with van der Waals surface area (Å²) in [6.45, 7) is 4.89. The Morgan fingerprint density at radius 3 is 3.00 bits per heavy atom. The molecule has 1 N–H and O–H groups in total. The molecule has 1 saturated heterocycles. The lowest BCUT2D eigenvalue weighted by molar-refractivity contribution is 0.211. The van der Waals surface area contributed by atoms with Crippen LogP contribution in [-0.4, -0.2) is 57.1 Å². The fraction of sp³-hybridized carbons (Fsp3) is 0.562. The van der Waals surface area contributed by atoms with Crippen molar-refractivity contribution in [3.63, 3.8) is 0 Å². The molecule has 1 aliphatic rings. The van der Waals surface area contributed by atoms with Gasteiger partial charge in [0.2, 0.25) is 0 Å². The summed E-state index contributed by atoms with van der Waals surface area (Å²) in [6, 6.07) is 4.66. The van der Waals surface area contributed by atoms with Crippen LogP contribution in [-0.2, 0) is 6.54 Å². The minimum absolute atomic E-state index is 0.449. The van der Waals surface area contributed by atoms with Crippen molar-refractivity contribution in [2.24, 2.45) is 5.92 Å². The van der Waals surface area contributed by atoms with Crippen LogP contribution >= 0.6 is 0 Å². The van der Waals surface area contributed by atoms with Gasteiger partial charge in [-0.3, -0.25) is 19.9 Å². The van der Waals surface area contributed by atoms with Gasteiger partial charge in [0.1, 0.15) is 5.82 Å². The number of aromatic nitrogens is 4. The topological polar surface area (TPSA) is 60.9 Å². The molecule has 0 bridgehead atoms. The number of aryl methyl sites for hydroxylation is 1. The molecule has 6 nitrogen and oxygen atoms in total. The summed E-state index contributed by atoms with van der Waals surface area (Å²) in [6.07, 6.45) is 5.05. The maximum Gasteiger partial charge on any atom is 0.164 e. The number of aromatic amines is 1. The molecule has 1 fully saturated rings. The maximum atomic E-state index is 4.39. The highest BCUT2D eigenvalue weighted by atomic mass is 15.2. The molecule has 2 aromatic heterocycles. The van der Waals surface area contributed by atoms with Crippen molar-refractivity contribution in [3.05, 3.63) is 41.7 Å². The van der Waals surface area contributed by atoms with Crippen LogP contribution in [0, 0.1) is 12.8 Å².